The lowest BCUT2D eigenvalue weighted by atomic mass is 10.4. The maximum atomic E-state index is 12.4. The van der Waals surface area contributed by atoms with Crippen LogP contribution in [0.4, 0.5) is 13.2 Å². The Bertz CT molecular complexity index is 593. The summed E-state index contributed by atoms with van der Waals surface area (Å²) in [7, 11) is 0. The van der Waals surface area contributed by atoms with Gasteiger partial charge in [-0.2, -0.15) is 17.9 Å². The van der Waals surface area contributed by atoms with E-state index in [-0.39, 0.29) is 16.8 Å². The molecule has 2 N–H and O–H groups in total. The van der Waals surface area contributed by atoms with Crippen LogP contribution in [0.25, 0.3) is 5.95 Å². The third-order valence-corrected chi connectivity index (χ3v) is 2.03. The Kier molecular flexibility index (Phi) is 2.95. The molecular formula is C8H5F3N6S. The summed E-state index contributed by atoms with van der Waals surface area (Å²) in [6.07, 6.45) is -2.44. The molecule has 0 aliphatic carbocycles. The summed E-state index contributed by atoms with van der Waals surface area (Å²) in [5.74, 6) is -0.231. The molecule has 10 heteroatoms. The molecule has 18 heavy (non-hydrogen) atoms. The Morgan fingerprint density at radius 3 is 2.61 bits per heavy atom. The van der Waals surface area contributed by atoms with Crippen molar-refractivity contribution < 1.29 is 13.2 Å². The Morgan fingerprint density at radius 2 is 2.06 bits per heavy atom. The summed E-state index contributed by atoms with van der Waals surface area (Å²) in [6.45, 7) is 0. The lowest BCUT2D eigenvalue weighted by Crippen LogP contribution is -2.14. The number of alkyl halides is 3. The number of hydrogen-bond acceptors (Lipinski definition) is 5. The smallest absolute Gasteiger partial charge is 0.387 e. The highest BCUT2D eigenvalue weighted by Gasteiger charge is 2.33. The molecule has 6 nitrogen and oxygen atoms in total. The molecule has 94 valence electrons. The second-order valence-electron chi connectivity index (χ2n) is 3.12. The minimum Gasteiger partial charge on any atom is -0.387 e. The van der Waals surface area contributed by atoms with Crippen LogP contribution in [0.3, 0.4) is 0 Å². The number of thiocarbonyl (C=S) groups is 1. The van der Waals surface area contributed by atoms with Gasteiger partial charge in [0.15, 0.2) is 0 Å². The van der Waals surface area contributed by atoms with Gasteiger partial charge >= 0.3 is 6.18 Å². The van der Waals surface area contributed by atoms with Gasteiger partial charge in [-0.3, -0.25) is 0 Å². The van der Waals surface area contributed by atoms with E-state index >= 15 is 0 Å². The van der Waals surface area contributed by atoms with Crippen LogP contribution < -0.4 is 5.73 Å². The summed E-state index contributed by atoms with van der Waals surface area (Å²) < 4.78 is 38.3. The molecule has 0 spiro atoms. The van der Waals surface area contributed by atoms with Crippen molar-refractivity contribution in [2.75, 3.05) is 0 Å². The maximum absolute atomic E-state index is 12.4. The van der Waals surface area contributed by atoms with Gasteiger partial charge in [0.1, 0.15) is 17.0 Å². The van der Waals surface area contributed by atoms with Crippen LogP contribution >= 0.6 is 12.2 Å². The molecule has 0 atom stereocenters. The minimum absolute atomic E-state index is 0.0333. The molecule has 2 aromatic rings. The molecule has 0 saturated heterocycles. The molecule has 0 radical (unpaired) electrons. The third kappa shape index (κ3) is 2.42. The second-order valence-corrected chi connectivity index (χ2v) is 3.56. The van der Waals surface area contributed by atoms with Crippen molar-refractivity contribution in [3.05, 3.63) is 30.1 Å². The quantitative estimate of drug-likeness (QED) is 0.812. The van der Waals surface area contributed by atoms with Gasteiger partial charge in [-0.05, 0) is 6.07 Å². The first kappa shape index (κ1) is 12.4. The van der Waals surface area contributed by atoms with E-state index in [4.69, 9.17) is 5.73 Å². The number of nitrogens with zero attached hydrogens (tertiary/aromatic N) is 5. The van der Waals surface area contributed by atoms with Gasteiger partial charge in [-0.15, -0.1) is 5.10 Å². The molecule has 0 amide bonds. The SMILES string of the molecule is NC(=S)c1ncn(-c2nccc(C(F)(F)F)n2)n1. The molecule has 0 saturated carbocycles. The van der Waals surface area contributed by atoms with Crippen LogP contribution in [-0.2, 0) is 6.18 Å². The molecule has 0 aliphatic rings. The normalized spacial score (nSPS) is 11.5. The molecular weight excluding hydrogens is 269 g/mol. The largest absolute Gasteiger partial charge is 0.433 e. The van der Waals surface area contributed by atoms with Gasteiger partial charge in [0, 0.05) is 6.20 Å². The van der Waals surface area contributed by atoms with Crippen molar-refractivity contribution in [3.63, 3.8) is 0 Å². The minimum atomic E-state index is -4.55. The number of halogens is 3. The van der Waals surface area contributed by atoms with Crippen molar-refractivity contribution in [3.8, 4) is 5.95 Å². The van der Waals surface area contributed by atoms with E-state index < -0.39 is 11.9 Å². The van der Waals surface area contributed by atoms with E-state index in [1.807, 2.05) is 0 Å². The summed E-state index contributed by atoms with van der Waals surface area (Å²) in [4.78, 5) is 10.6. The van der Waals surface area contributed by atoms with Gasteiger partial charge in [0.05, 0.1) is 0 Å². The second kappa shape index (κ2) is 4.29. The molecule has 2 aromatic heterocycles. The topological polar surface area (TPSA) is 82.5 Å². The number of hydrogen-bond donors (Lipinski definition) is 1. The summed E-state index contributed by atoms with van der Waals surface area (Å²) in [5, 5.41) is 3.75. The lowest BCUT2D eigenvalue weighted by Gasteiger charge is -2.05. The molecule has 0 aliphatic heterocycles. The predicted octanol–water partition coefficient (Wildman–Crippen LogP) is 0.710. The first-order valence-electron chi connectivity index (χ1n) is 4.50. The van der Waals surface area contributed by atoms with Crippen molar-refractivity contribution in [2.24, 2.45) is 5.73 Å². The van der Waals surface area contributed by atoms with Crippen molar-refractivity contribution in [2.45, 2.75) is 6.18 Å². The van der Waals surface area contributed by atoms with Crippen molar-refractivity contribution in [1.29, 1.82) is 0 Å². The van der Waals surface area contributed by atoms with E-state index in [0.717, 1.165) is 23.3 Å². The Balaban J connectivity index is 2.41. The highest BCUT2D eigenvalue weighted by Crippen LogP contribution is 2.27. The third-order valence-electron chi connectivity index (χ3n) is 1.85. The standard InChI is InChI=1S/C8H5F3N6S/c9-8(10,11)4-1-2-13-7(15-4)17-3-14-6(16-17)5(12)18/h1-3H,(H2,12,18). The zero-order valence-electron chi connectivity index (χ0n) is 8.59. The van der Waals surface area contributed by atoms with E-state index in [9.17, 15) is 13.2 Å². The number of nitrogens with two attached hydrogens (primary N) is 1. The van der Waals surface area contributed by atoms with Crippen molar-refractivity contribution in [1.82, 2.24) is 24.7 Å². The fourth-order valence-electron chi connectivity index (χ4n) is 1.09. The average Bonchev–Trinajstić information content (AvgIpc) is 2.77. The average molecular weight is 274 g/mol. The van der Waals surface area contributed by atoms with E-state index in [1.54, 1.807) is 0 Å². The molecule has 0 fully saturated rings. The highest BCUT2D eigenvalue weighted by atomic mass is 32.1. The van der Waals surface area contributed by atoms with Crippen LogP contribution in [0.5, 0.6) is 0 Å². The Labute approximate surface area is 104 Å². The number of aromatic nitrogens is 5. The zero-order valence-corrected chi connectivity index (χ0v) is 9.40. The fraction of sp³-hybridized carbons (Fsp3) is 0.125. The van der Waals surface area contributed by atoms with Crippen LogP contribution in [0, 0.1) is 0 Å². The molecule has 2 heterocycles. The van der Waals surface area contributed by atoms with E-state index in [2.05, 4.69) is 32.3 Å². The molecule has 0 aromatic carbocycles. The fourth-order valence-corrected chi connectivity index (χ4v) is 1.18. The molecule has 0 bridgehead atoms. The first-order valence-corrected chi connectivity index (χ1v) is 4.91. The Morgan fingerprint density at radius 1 is 1.33 bits per heavy atom. The monoisotopic (exact) mass is 274 g/mol. The van der Waals surface area contributed by atoms with Crippen LogP contribution in [0.15, 0.2) is 18.6 Å². The summed E-state index contributed by atoms with van der Waals surface area (Å²) in [6, 6.07) is 0.759. The first-order chi connectivity index (χ1) is 8.38. The predicted molar refractivity (Wildman–Crippen MR) is 57.8 cm³/mol. The van der Waals surface area contributed by atoms with Gasteiger partial charge in [-0.25, -0.2) is 15.0 Å². The summed E-state index contributed by atoms with van der Waals surface area (Å²) >= 11 is 4.63. The van der Waals surface area contributed by atoms with Gasteiger partial charge < -0.3 is 5.73 Å². The number of rotatable bonds is 2. The zero-order chi connectivity index (χ0) is 13.3. The van der Waals surface area contributed by atoms with Gasteiger partial charge in [-0.1, -0.05) is 12.2 Å². The molecule has 0 unspecified atom stereocenters. The van der Waals surface area contributed by atoms with Gasteiger partial charge in [0.2, 0.25) is 5.82 Å². The molecule has 2 rings (SSSR count). The maximum Gasteiger partial charge on any atom is 0.433 e. The lowest BCUT2D eigenvalue weighted by molar-refractivity contribution is -0.141. The van der Waals surface area contributed by atoms with Crippen molar-refractivity contribution >= 4 is 17.2 Å². The van der Waals surface area contributed by atoms with E-state index in [0.29, 0.717) is 0 Å². The van der Waals surface area contributed by atoms with E-state index in [1.165, 1.54) is 0 Å². The summed E-state index contributed by atoms with van der Waals surface area (Å²) in [5.41, 5.74) is 4.21. The Hall–Kier alpha value is -2.10. The highest BCUT2D eigenvalue weighted by molar-refractivity contribution is 7.80. The van der Waals surface area contributed by atoms with Crippen LogP contribution in [-0.4, -0.2) is 29.7 Å². The van der Waals surface area contributed by atoms with Crippen LogP contribution in [0.1, 0.15) is 11.5 Å². The van der Waals surface area contributed by atoms with Crippen LogP contribution in [0.2, 0.25) is 0 Å². The van der Waals surface area contributed by atoms with Gasteiger partial charge in [0.25, 0.3) is 5.95 Å².